The molecule has 1 aliphatic heterocycles. The van der Waals surface area contributed by atoms with E-state index in [1.807, 2.05) is 24.5 Å². The highest BCUT2D eigenvalue weighted by molar-refractivity contribution is 9.08. The zero-order valence-electron chi connectivity index (χ0n) is 14.2. The Labute approximate surface area is 164 Å². The van der Waals surface area contributed by atoms with E-state index >= 15 is 0 Å². The summed E-state index contributed by atoms with van der Waals surface area (Å²) in [6, 6.07) is 5.69. The van der Waals surface area contributed by atoms with Crippen molar-refractivity contribution in [1.29, 1.82) is 0 Å². The topological polar surface area (TPSA) is 61.8 Å². The van der Waals surface area contributed by atoms with Crippen LogP contribution in [0.15, 0.2) is 18.2 Å². The molecular formula is C17H20BrClO5S. The summed E-state index contributed by atoms with van der Waals surface area (Å²) >= 11 is 11.0. The largest absolute Gasteiger partial charge is 0.458 e. The Bertz CT molecular complexity index is 641. The van der Waals surface area contributed by atoms with Gasteiger partial charge in [-0.3, -0.25) is 9.59 Å². The van der Waals surface area contributed by atoms with Crippen LogP contribution >= 0.6 is 39.3 Å². The molecule has 1 fully saturated rings. The summed E-state index contributed by atoms with van der Waals surface area (Å²) < 4.78 is 16.9. The van der Waals surface area contributed by atoms with Crippen LogP contribution in [0.25, 0.3) is 0 Å². The minimum Gasteiger partial charge on any atom is -0.458 e. The van der Waals surface area contributed by atoms with Crippen LogP contribution in [-0.4, -0.2) is 35.8 Å². The van der Waals surface area contributed by atoms with E-state index in [0.717, 1.165) is 11.1 Å². The fourth-order valence-electron chi connectivity index (χ4n) is 2.77. The highest BCUT2D eigenvalue weighted by atomic mass is 79.9. The van der Waals surface area contributed by atoms with Crippen LogP contribution in [0.5, 0.6) is 0 Å². The van der Waals surface area contributed by atoms with Crippen LogP contribution in [0.4, 0.5) is 0 Å². The molecule has 0 aromatic heterocycles. The monoisotopic (exact) mass is 450 g/mol. The fraction of sp³-hybridized carbons (Fsp3) is 0.529. The van der Waals surface area contributed by atoms with Gasteiger partial charge in [0.2, 0.25) is 0 Å². The van der Waals surface area contributed by atoms with E-state index in [4.69, 9.17) is 25.8 Å². The quantitative estimate of drug-likeness (QED) is 0.493. The van der Waals surface area contributed by atoms with Crippen LogP contribution in [0.3, 0.4) is 0 Å². The number of hydrogen-bond acceptors (Lipinski definition) is 6. The maximum absolute atomic E-state index is 11.5. The Morgan fingerprint density at radius 1 is 1.32 bits per heavy atom. The lowest BCUT2D eigenvalue weighted by molar-refractivity contribution is -0.193. The molecule has 1 aliphatic rings. The summed E-state index contributed by atoms with van der Waals surface area (Å²) in [6.45, 7) is 2.67. The summed E-state index contributed by atoms with van der Waals surface area (Å²) in [5, 5.41) is 1.30. The molecule has 4 atom stereocenters. The molecule has 0 amide bonds. The molecule has 5 nitrogen and oxygen atoms in total. The van der Waals surface area contributed by atoms with Gasteiger partial charge in [-0.25, -0.2) is 0 Å². The molecule has 0 spiro atoms. The van der Waals surface area contributed by atoms with Crippen molar-refractivity contribution in [2.45, 2.75) is 49.3 Å². The van der Waals surface area contributed by atoms with E-state index in [1.165, 1.54) is 25.6 Å². The van der Waals surface area contributed by atoms with Crippen LogP contribution in [-0.2, 0) is 29.1 Å². The Morgan fingerprint density at radius 2 is 2.00 bits per heavy atom. The van der Waals surface area contributed by atoms with Crippen molar-refractivity contribution in [2.75, 3.05) is 6.26 Å². The standard InChI is InChI=1S/C17H20BrClO5S/c1-9(20)22-15-7-14(11-4-5-13(19)12(6-11)8-18)24-17(25-3)16(15)23-10(2)21/h4-6,14-17H,7-8H2,1-3H3/t14-,15-,16+,17-/m1/s1. The van der Waals surface area contributed by atoms with Crippen molar-refractivity contribution in [3.05, 3.63) is 34.3 Å². The predicted octanol–water partition coefficient (Wildman–Crippen LogP) is 4.25. The Morgan fingerprint density at radius 3 is 2.56 bits per heavy atom. The molecule has 0 bridgehead atoms. The number of alkyl halides is 1. The number of hydrogen-bond donors (Lipinski definition) is 0. The summed E-state index contributed by atoms with van der Waals surface area (Å²) in [5.41, 5.74) is 1.46. The van der Waals surface area contributed by atoms with Crippen molar-refractivity contribution in [2.24, 2.45) is 0 Å². The highest BCUT2D eigenvalue weighted by Crippen LogP contribution is 2.39. The maximum Gasteiger partial charge on any atom is 0.303 e. The second-order valence-electron chi connectivity index (χ2n) is 5.67. The Kier molecular flexibility index (Phi) is 7.61. The maximum atomic E-state index is 11.5. The molecule has 0 unspecified atom stereocenters. The summed E-state index contributed by atoms with van der Waals surface area (Å²) in [7, 11) is 0. The van der Waals surface area contributed by atoms with Gasteiger partial charge in [-0.1, -0.05) is 39.7 Å². The van der Waals surface area contributed by atoms with Crippen molar-refractivity contribution in [3.8, 4) is 0 Å². The average Bonchev–Trinajstić information content (AvgIpc) is 2.55. The third kappa shape index (κ3) is 5.36. The number of benzene rings is 1. The van der Waals surface area contributed by atoms with Gasteiger partial charge in [-0.15, -0.1) is 11.8 Å². The first-order chi connectivity index (χ1) is 11.8. The van der Waals surface area contributed by atoms with Gasteiger partial charge in [0.05, 0.1) is 6.10 Å². The molecule has 0 aliphatic carbocycles. The molecule has 2 rings (SSSR count). The molecule has 138 valence electrons. The number of ether oxygens (including phenoxy) is 3. The van der Waals surface area contributed by atoms with Gasteiger partial charge >= 0.3 is 11.9 Å². The number of halogens is 2. The molecule has 1 aromatic rings. The molecule has 8 heteroatoms. The molecule has 1 heterocycles. The zero-order chi connectivity index (χ0) is 18.6. The van der Waals surface area contributed by atoms with E-state index in [-0.39, 0.29) is 6.10 Å². The molecule has 1 aromatic carbocycles. The van der Waals surface area contributed by atoms with Crippen molar-refractivity contribution in [1.82, 2.24) is 0 Å². The minimum absolute atomic E-state index is 0.288. The molecule has 0 N–H and O–H groups in total. The summed E-state index contributed by atoms with van der Waals surface area (Å²) in [4.78, 5) is 22.9. The van der Waals surface area contributed by atoms with Crippen molar-refractivity contribution >= 4 is 51.2 Å². The fourth-order valence-corrected chi connectivity index (χ4v) is 4.32. The van der Waals surface area contributed by atoms with E-state index in [9.17, 15) is 9.59 Å². The first kappa shape index (κ1) is 20.6. The van der Waals surface area contributed by atoms with Gasteiger partial charge in [0.1, 0.15) is 11.5 Å². The smallest absolute Gasteiger partial charge is 0.303 e. The number of thioether (sulfide) groups is 1. The van der Waals surface area contributed by atoms with Crippen molar-refractivity contribution in [3.63, 3.8) is 0 Å². The summed E-state index contributed by atoms with van der Waals surface area (Å²) in [5.74, 6) is -0.851. The first-order valence-corrected chi connectivity index (χ1v) is 10.5. The van der Waals surface area contributed by atoms with Gasteiger partial charge in [-0.2, -0.15) is 0 Å². The Hall–Kier alpha value is -0.760. The average molecular weight is 452 g/mol. The van der Waals surface area contributed by atoms with Crippen molar-refractivity contribution < 1.29 is 23.8 Å². The zero-order valence-corrected chi connectivity index (χ0v) is 17.3. The van der Waals surface area contributed by atoms with Crippen LogP contribution in [0.1, 0.15) is 37.5 Å². The lowest BCUT2D eigenvalue weighted by atomic mass is 9.96. The van der Waals surface area contributed by atoms with E-state index in [2.05, 4.69) is 15.9 Å². The third-order valence-electron chi connectivity index (χ3n) is 3.82. The molecule has 0 radical (unpaired) electrons. The second kappa shape index (κ2) is 9.26. The lowest BCUT2D eigenvalue weighted by Crippen LogP contribution is -2.48. The predicted molar refractivity (Wildman–Crippen MR) is 101 cm³/mol. The second-order valence-corrected chi connectivity index (χ2v) is 7.57. The normalized spacial score (nSPS) is 26.1. The number of rotatable bonds is 5. The van der Waals surface area contributed by atoms with Gasteiger partial charge in [0.15, 0.2) is 6.10 Å². The molecule has 1 saturated heterocycles. The molecule has 0 saturated carbocycles. The summed E-state index contributed by atoms with van der Waals surface area (Å²) in [6.07, 6.45) is 0.762. The third-order valence-corrected chi connectivity index (χ3v) is 5.63. The van der Waals surface area contributed by atoms with E-state index in [0.29, 0.717) is 16.8 Å². The number of esters is 2. The van der Waals surface area contributed by atoms with Gasteiger partial charge in [0.25, 0.3) is 0 Å². The number of carbonyl (C=O) groups excluding carboxylic acids is 2. The number of carbonyl (C=O) groups is 2. The SMILES string of the molecule is CS[C@H]1O[C@@H](c2ccc(Cl)c(CBr)c2)C[C@@H](OC(C)=O)[C@@H]1OC(C)=O. The minimum atomic E-state index is -0.643. The van der Waals surface area contributed by atoms with E-state index in [1.54, 1.807) is 0 Å². The highest BCUT2D eigenvalue weighted by Gasteiger charge is 2.43. The van der Waals surface area contributed by atoms with Gasteiger partial charge < -0.3 is 14.2 Å². The molecular weight excluding hydrogens is 432 g/mol. The van der Waals surface area contributed by atoms with Crippen LogP contribution in [0, 0.1) is 0 Å². The van der Waals surface area contributed by atoms with E-state index < -0.39 is 29.6 Å². The van der Waals surface area contributed by atoms with Crippen LogP contribution < -0.4 is 0 Å². The lowest BCUT2D eigenvalue weighted by Gasteiger charge is -2.40. The van der Waals surface area contributed by atoms with Crippen LogP contribution in [0.2, 0.25) is 5.02 Å². The van der Waals surface area contributed by atoms with Gasteiger partial charge in [-0.05, 0) is 23.4 Å². The first-order valence-electron chi connectivity index (χ1n) is 7.72. The van der Waals surface area contributed by atoms with Gasteiger partial charge in [0, 0.05) is 30.6 Å². The molecule has 25 heavy (non-hydrogen) atoms. The Balaban J connectivity index is 2.29.